The molecule has 2 aromatic carbocycles. The van der Waals surface area contributed by atoms with Gasteiger partial charge in [0.2, 0.25) is 5.91 Å². The van der Waals surface area contributed by atoms with Crippen LogP contribution in [-0.4, -0.2) is 66.1 Å². The fourth-order valence-electron chi connectivity index (χ4n) is 4.80. The third-order valence-electron chi connectivity index (χ3n) is 6.72. The first-order valence-corrected chi connectivity index (χ1v) is 11.8. The summed E-state index contributed by atoms with van der Waals surface area (Å²) >= 11 is 0. The Hall–Kier alpha value is -4.11. The van der Waals surface area contributed by atoms with Crippen molar-refractivity contribution in [2.24, 2.45) is 0 Å². The van der Waals surface area contributed by atoms with Gasteiger partial charge in [-0.25, -0.2) is 0 Å². The molecule has 9 heteroatoms. The first-order chi connectivity index (χ1) is 17.5. The predicted octanol–water partition coefficient (Wildman–Crippen LogP) is 3.40. The maximum absolute atomic E-state index is 13.7. The minimum Gasteiger partial charge on any atom is -0.497 e. The van der Waals surface area contributed by atoms with Gasteiger partial charge in [0.1, 0.15) is 17.5 Å². The number of piperidine rings is 1. The molecule has 36 heavy (non-hydrogen) atoms. The van der Waals surface area contributed by atoms with Crippen LogP contribution in [0.1, 0.15) is 33.8 Å². The highest BCUT2D eigenvalue weighted by molar-refractivity contribution is 6.02. The molecule has 0 bridgehead atoms. The number of ether oxygens (including phenoxy) is 2. The van der Waals surface area contributed by atoms with E-state index >= 15 is 0 Å². The van der Waals surface area contributed by atoms with Crippen molar-refractivity contribution in [3.8, 4) is 5.75 Å². The number of furan rings is 1. The van der Waals surface area contributed by atoms with Gasteiger partial charge in [-0.3, -0.25) is 19.3 Å². The SMILES string of the molecule is COc1ccc(NC(=O)[C@@H]2COC3(CCN(C(=O)c4ccco4)CC3)N2C(=O)c2ccccc2)cc1. The molecule has 1 N–H and O–H groups in total. The Kier molecular flexibility index (Phi) is 6.47. The van der Waals surface area contributed by atoms with Crippen LogP contribution in [0.2, 0.25) is 0 Å². The summed E-state index contributed by atoms with van der Waals surface area (Å²) in [5, 5.41) is 2.89. The van der Waals surface area contributed by atoms with Gasteiger partial charge in [0.25, 0.3) is 11.8 Å². The zero-order valence-electron chi connectivity index (χ0n) is 19.9. The van der Waals surface area contributed by atoms with Crippen LogP contribution in [0.25, 0.3) is 0 Å². The number of carbonyl (C=O) groups is 3. The van der Waals surface area contributed by atoms with Crippen molar-refractivity contribution >= 4 is 23.4 Å². The van der Waals surface area contributed by atoms with Crippen LogP contribution in [0, 0.1) is 0 Å². The molecule has 1 spiro atoms. The molecule has 2 aliphatic rings. The smallest absolute Gasteiger partial charge is 0.289 e. The molecular weight excluding hydrogens is 462 g/mol. The monoisotopic (exact) mass is 489 g/mol. The van der Waals surface area contributed by atoms with Crippen molar-refractivity contribution in [2.45, 2.75) is 24.6 Å². The summed E-state index contributed by atoms with van der Waals surface area (Å²) in [6, 6.07) is 18.3. The van der Waals surface area contributed by atoms with Crippen molar-refractivity contribution in [3.05, 3.63) is 84.3 Å². The highest BCUT2D eigenvalue weighted by Gasteiger charge is 2.54. The second-order valence-corrected chi connectivity index (χ2v) is 8.80. The Morgan fingerprint density at radius 2 is 1.67 bits per heavy atom. The number of hydrogen-bond donors (Lipinski definition) is 1. The number of likely N-dealkylation sites (tertiary alicyclic amines) is 1. The first-order valence-electron chi connectivity index (χ1n) is 11.8. The van der Waals surface area contributed by atoms with Crippen LogP contribution in [0.4, 0.5) is 5.69 Å². The molecule has 5 rings (SSSR count). The van der Waals surface area contributed by atoms with Gasteiger partial charge in [0, 0.05) is 37.2 Å². The minimum absolute atomic E-state index is 0.0622. The van der Waals surface area contributed by atoms with Crippen LogP contribution >= 0.6 is 0 Å². The molecule has 1 aromatic heterocycles. The molecule has 9 nitrogen and oxygen atoms in total. The number of methoxy groups -OCH3 is 1. The largest absolute Gasteiger partial charge is 0.497 e. The van der Waals surface area contributed by atoms with E-state index in [-0.39, 0.29) is 30.1 Å². The van der Waals surface area contributed by atoms with E-state index in [0.29, 0.717) is 42.9 Å². The summed E-state index contributed by atoms with van der Waals surface area (Å²) in [5.41, 5.74) is 0.0702. The van der Waals surface area contributed by atoms with Gasteiger partial charge in [-0.15, -0.1) is 0 Å². The Bertz CT molecular complexity index is 1220. The van der Waals surface area contributed by atoms with Gasteiger partial charge in [-0.1, -0.05) is 18.2 Å². The van der Waals surface area contributed by atoms with Crippen molar-refractivity contribution in [1.82, 2.24) is 9.80 Å². The molecule has 1 atom stereocenters. The third-order valence-corrected chi connectivity index (χ3v) is 6.72. The molecule has 186 valence electrons. The Balaban J connectivity index is 1.38. The molecule has 2 saturated heterocycles. The van der Waals surface area contributed by atoms with Crippen molar-refractivity contribution < 1.29 is 28.3 Å². The topological polar surface area (TPSA) is 101 Å². The fraction of sp³-hybridized carbons (Fsp3) is 0.296. The van der Waals surface area contributed by atoms with E-state index in [2.05, 4.69) is 5.32 Å². The Morgan fingerprint density at radius 3 is 2.31 bits per heavy atom. The maximum Gasteiger partial charge on any atom is 0.289 e. The Morgan fingerprint density at radius 1 is 0.944 bits per heavy atom. The number of anilines is 1. The quantitative estimate of drug-likeness (QED) is 0.590. The molecule has 3 amide bonds. The number of amides is 3. The summed E-state index contributed by atoms with van der Waals surface area (Å²) < 4.78 is 16.7. The Labute approximate surface area is 208 Å². The summed E-state index contributed by atoms with van der Waals surface area (Å²) in [6.45, 7) is 0.794. The normalized spacial score (nSPS) is 18.8. The van der Waals surface area contributed by atoms with E-state index in [1.807, 2.05) is 6.07 Å². The predicted molar refractivity (Wildman–Crippen MR) is 131 cm³/mol. The lowest BCUT2D eigenvalue weighted by Gasteiger charge is -2.44. The lowest BCUT2D eigenvalue weighted by atomic mass is 9.96. The van der Waals surface area contributed by atoms with E-state index in [1.54, 1.807) is 77.6 Å². The third kappa shape index (κ3) is 4.45. The lowest BCUT2D eigenvalue weighted by molar-refractivity contribution is -0.123. The van der Waals surface area contributed by atoms with Gasteiger partial charge in [0.15, 0.2) is 5.76 Å². The average Bonchev–Trinajstić information content (AvgIpc) is 3.58. The average molecular weight is 490 g/mol. The molecule has 0 unspecified atom stereocenters. The summed E-state index contributed by atoms with van der Waals surface area (Å²) in [4.78, 5) is 43.1. The van der Waals surface area contributed by atoms with E-state index < -0.39 is 11.8 Å². The summed E-state index contributed by atoms with van der Waals surface area (Å²) in [7, 11) is 1.57. The van der Waals surface area contributed by atoms with Crippen molar-refractivity contribution in [2.75, 3.05) is 32.1 Å². The maximum atomic E-state index is 13.7. The van der Waals surface area contributed by atoms with Gasteiger partial charge in [0.05, 0.1) is 20.0 Å². The number of nitrogens with zero attached hydrogens (tertiary/aromatic N) is 2. The van der Waals surface area contributed by atoms with Crippen molar-refractivity contribution in [3.63, 3.8) is 0 Å². The van der Waals surface area contributed by atoms with E-state index in [1.165, 1.54) is 6.26 Å². The van der Waals surface area contributed by atoms with Gasteiger partial charge >= 0.3 is 0 Å². The molecule has 0 radical (unpaired) electrons. The minimum atomic E-state index is -0.991. The highest BCUT2D eigenvalue weighted by atomic mass is 16.5. The molecular formula is C27H27N3O6. The molecule has 2 aliphatic heterocycles. The van der Waals surface area contributed by atoms with Gasteiger partial charge in [-0.05, 0) is 48.5 Å². The highest BCUT2D eigenvalue weighted by Crippen LogP contribution is 2.39. The van der Waals surface area contributed by atoms with E-state index in [0.717, 1.165) is 0 Å². The number of nitrogens with one attached hydrogen (secondary N) is 1. The van der Waals surface area contributed by atoms with Gasteiger partial charge in [-0.2, -0.15) is 0 Å². The second kappa shape index (κ2) is 9.87. The van der Waals surface area contributed by atoms with Crippen LogP contribution in [0.15, 0.2) is 77.4 Å². The fourth-order valence-corrected chi connectivity index (χ4v) is 4.80. The summed E-state index contributed by atoms with van der Waals surface area (Å²) in [5.74, 6) is 0.118. The zero-order chi connectivity index (χ0) is 25.1. The summed E-state index contributed by atoms with van der Waals surface area (Å²) in [6.07, 6.45) is 2.22. The first kappa shape index (κ1) is 23.6. The van der Waals surface area contributed by atoms with E-state index in [9.17, 15) is 14.4 Å². The van der Waals surface area contributed by atoms with Gasteiger partial charge < -0.3 is 24.1 Å². The number of hydrogen-bond acceptors (Lipinski definition) is 6. The molecule has 0 aliphatic carbocycles. The number of rotatable bonds is 5. The second-order valence-electron chi connectivity index (χ2n) is 8.80. The van der Waals surface area contributed by atoms with E-state index in [4.69, 9.17) is 13.9 Å². The number of carbonyl (C=O) groups excluding carboxylic acids is 3. The van der Waals surface area contributed by atoms with Crippen LogP contribution in [0.5, 0.6) is 5.75 Å². The molecule has 0 saturated carbocycles. The zero-order valence-corrected chi connectivity index (χ0v) is 19.9. The van der Waals surface area contributed by atoms with Crippen LogP contribution in [-0.2, 0) is 9.53 Å². The standard InChI is InChI=1S/C27H27N3O6/c1-34-21-11-9-20(10-12-21)28-24(31)22-18-36-27(30(22)25(32)19-6-3-2-4-7-19)13-15-29(16-14-27)26(33)23-8-5-17-35-23/h2-12,17,22H,13-16,18H2,1H3,(H,28,31)/t22-/m0/s1. The molecule has 2 fully saturated rings. The molecule has 3 aromatic rings. The lowest BCUT2D eigenvalue weighted by Crippen LogP contribution is -2.59. The van der Waals surface area contributed by atoms with Crippen LogP contribution < -0.4 is 10.1 Å². The van der Waals surface area contributed by atoms with Crippen LogP contribution in [0.3, 0.4) is 0 Å². The van der Waals surface area contributed by atoms with Crippen molar-refractivity contribution in [1.29, 1.82) is 0 Å². The molecule has 3 heterocycles. The number of benzene rings is 2.